The molecule has 7 heteroatoms. The van der Waals surface area contributed by atoms with Gasteiger partial charge in [0.2, 0.25) is 0 Å². The predicted molar refractivity (Wildman–Crippen MR) is 100 cm³/mol. The highest BCUT2D eigenvalue weighted by Gasteiger charge is 2.12. The molecule has 2 N–H and O–H groups in total. The third-order valence-electron chi connectivity index (χ3n) is 3.53. The second-order valence-corrected chi connectivity index (χ2v) is 5.75. The molecule has 2 aromatic rings. The molecule has 0 fully saturated rings. The molecule has 0 radical (unpaired) electrons. The zero-order valence-electron chi connectivity index (χ0n) is 14.7. The van der Waals surface area contributed by atoms with E-state index in [1.54, 1.807) is 36.4 Å². The molecule has 6 nitrogen and oxygen atoms in total. The van der Waals surface area contributed by atoms with E-state index in [0.29, 0.717) is 40.8 Å². The Kier molecular flexibility index (Phi) is 7.29. The number of hydrogen-bond acceptors (Lipinski definition) is 4. The molecule has 2 rings (SSSR count). The van der Waals surface area contributed by atoms with Gasteiger partial charge in [0.25, 0.3) is 11.8 Å². The Morgan fingerprint density at radius 3 is 2.27 bits per heavy atom. The first kappa shape index (κ1) is 19.6. The van der Waals surface area contributed by atoms with Crippen LogP contribution in [0.3, 0.4) is 0 Å². The second kappa shape index (κ2) is 9.68. The molecule has 2 amide bonds. The first-order valence-electron chi connectivity index (χ1n) is 8.18. The van der Waals surface area contributed by atoms with Crippen molar-refractivity contribution in [1.82, 2.24) is 10.6 Å². The van der Waals surface area contributed by atoms with Crippen molar-refractivity contribution in [2.24, 2.45) is 0 Å². The summed E-state index contributed by atoms with van der Waals surface area (Å²) in [5.74, 6) is 0.611. The average molecular weight is 377 g/mol. The van der Waals surface area contributed by atoms with Gasteiger partial charge in [-0.2, -0.15) is 0 Å². The van der Waals surface area contributed by atoms with Crippen LogP contribution in [-0.4, -0.2) is 38.6 Å². The predicted octanol–water partition coefficient (Wildman–Crippen LogP) is 2.91. The molecule has 0 unspecified atom stereocenters. The van der Waals surface area contributed by atoms with Crippen LogP contribution in [-0.2, 0) is 0 Å². The summed E-state index contributed by atoms with van der Waals surface area (Å²) in [4.78, 5) is 24.3. The monoisotopic (exact) mass is 376 g/mol. The van der Waals surface area contributed by atoms with Crippen molar-refractivity contribution in [1.29, 1.82) is 0 Å². The lowest BCUT2D eigenvalue weighted by Gasteiger charge is -2.10. The van der Waals surface area contributed by atoms with Crippen molar-refractivity contribution < 1.29 is 19.1 Å². The number of nitrogens with one attached hydrogen (secondary N) is 2. The molecule has 0 saturated heterocycles. The Morgan fingerprint density at radius 2 is 1.65 bits per heavy atom. The van der Waals surface area contributed by atoms with E-state index in [0.717, 1.165) is 0 Å². The largest absolute Gasteiger partial charge is 0.496 e. The lowest BCUT2D eigenvalue weighted by molar-refractivity contribution is 0.0926. The smallest absolute Gasteiger partial charge is 0.255 e. The highest BCUT2D eigenvalue weighted by molar-refractivity contribution is 6.31. The fourth-order valence-corrected chi connectivity index (χ4v) is 2.45. The van der Waals surface area contributed by atoms with Crippen LogP contribution in [0.25, 0.3) is 0 Å². The van der Waals surface area contributed by atoms with Crippen LogP contribution >= 0.6 is 11.6 Å². The molecule has 0 saturated carbocycles. The van der Waals surface area contributed by atoms with Crippen LogP contribution in [0, 0.1) is 0 Å². The van der Waals surface area contributed by atoms with Crippen LogP contribution in [0.5, 0.6) is 11.5 Å². The van der Waals surface area contributed by atoms with E-state index in [1.807, 2.05) is 6.92 Å². The number of benzene rings is 2. The Labute approximate surface area is 157 Å². The van der Waals surface area contributed by atoms with Crippen LogP contribution in [0.4, 0.5) is 0 Å². The standard InChI is InChI=1S/C19H21ClN2O4/c1-3-26-15-7-4-13(5-8-15)18(23)21-10-11-22-19(24)16-12-14(20)6-9-17(16)25-2/h4-9,12H,3,10-11H2,1-2H3,(H,21,23)(H,22,24). The maximum Gasteiger partial charge on any atom is 0.255 e. The Morgan fingerprint density at radius 1 is 1.00 bits per heavy atom. The Bertz CT molecular complexity index is 763. The zero-order valence-corrected chi connectivity index (χ0v) is 15.4. The van der Waals surface area contributed by atoms with Crippen molar-refractivity contribution in [3.8, 4) is 11.5 Å². The molecule has 0 atom stereocenters. The molecule has 138 valence electrons. The van der Waals surface area contributed by atoms with E-state index in [1.165, 1.54) is 13.2 Å². The van der Waals surface area contributed by atoms with Gasteiger partial charge >= 0.3 is 0 Å². The lowest BCUT2D eigenvalue weighted by atomic mass is 10.2. The fraction of sp³-hybridized carbons (Fsp3) is 0.263. The highest BCUT2D eigenvalue weighted by Crippen LogP contribution is 2.22. The molecule has 26 heavy (non-hydrogen) atoms. The van der Waals surface area contributed by atoms with E-state index in [2.05, 4.69) is 10.6 Å². The number of halogens is 1. The Balaban J connectivity index is 1.82. The SMILES string of the molecule is CCOc1ccc(C(=O)NCCNC(=O)c2cc(Cl)ccc2OC)cc1. The molecule has 0 aromatic heterocycles. The molecular formula is C19H21ClN2O4. The van der Waals surface area contributed by atoms with E-state index < -0.39 is 0 Å². The summed E-state index contributed by atoms with van der Waals surface area (Å²) in [5.41, 5.74) is 0.870. The van der Waals surface area contributed by atoms with Crippen LogP contribution < -0.4 is 20.1 Å². The number of amides is 2. The minimum atomic E-state index is -0.320. The van der Waals surface area contributed by atoms with Crippen molar-refractivity contribution >= 4 is 23.4 Å². The number of ether oxygens (including phenoxy) is 2. The topological polar surface area (TPSA) is 76.7 Å². The summed E-state index contributed by atoms with van der Waals surface area (Å²) in [6, 6.07) is 11.7. The molecule has 0 aliphatic heterocycles. The minimum absolute atomic E-state index is 0.220. The van der Waals surface area contributed by atoms with Gasteiger partial charge in [-0.05, 0) is 49.4 Å². The van der Waals surface area contributed by atoms with E-state index in [9.17, 15) is 9.59 Å². The van der Waals surface area contributed by atoms with E-state index in [-0.39, 0.29) is 18.4 Å². The van der Waals surface area contributed by atoms with Gasteiger partial charge in [0.1, 0.15) is 11.5 Å². The normalized spacial score (nSPS) is 10.1. The number of methoxy groups -OCH3 is 1. The summed E-state index contributed by atoms with van der Waals surface area (Å²) in [7, 11) is 1.48. The van der Waals surface area contributed by atoms with E-state index >= 15 is 0 Å². The maximum absolute atomic E-state index is 12.2. The van der Waals surface area contributed by atoms with Crippen molar-refractivity contribution in [2.75, 3.05) is 26.8 Å². The third kappa shape index (κ3) is 5.39. The fourth-order valence-electron chi connectivity index (χ4n) is 2.28. The summed E-state index contributed by atoms with van der Waals surface area (Å²) in [5, 5.41) is 5.91. The van der Waals surface area contributed by atoms with Crippen molar-refractivity contribution in [2.45, 2.75) is 6.92 Å². The Hall–Kier alpha value is -2.73. The summed E-state index contributed by atoms with van der Waals surface area (Å²) < 4.78 is 10.5. The number of carbonyl (C=O) groups excluding carboxylic acids is 2. The first-order valence-corrected chi connectivity index (χ1v) is 8.55. The maximum atomic E-state index is 12.2. The van der Waals surface area contributed by atoms with Crippen LogP contribution in [0.2, 0.25) is 5.02 Å². The van der Waals surface area contributed by atoms with Crippen LogP contribution in [0.15, 0.2) is 42.5 Å². The quantitative estimate of drug-likeness (QED) is 0.694. The van der Waals surface area contributed by atoms with E-state index in [4.69, 9.17) is 21.1 Å². The number of hydrogen-bond donors (Lipinski definition) is 2. The molecular weight excluding hydrogens is 356 g/mol. The molecule has 0 spiro atoms. The van der Waals surface area contributed by atoms with Gasteiger partial charge in [-0.1, -0.05) is 11.6 Å². The van der Waals surface area contributed by atoms with Gasteiger partial charge in [-0.25, -0.2) is 0 Å². The summed E-state index contributed by atoms with van der Waals surface area (Å²) >= 11 is 5.92. The average Bonchev–Trinajstić information content (AvgIpc) is 2.65. The molecule has 0 bridgehead atoms. The summed E-state index contributed by atoms with van der Waals surface area (Å²) in [6.45, 7) is 3.04. The van der Waals surface area contributed by atoms with Gasteiger partial charge in [0.05, 0.1) is 19.3 Å². The van der Waals surface area contributed by atoms with Gasteiger partial charge in [0, 0.05) is 23.7 Å². The van der Waals surface area contributed by atoms with Gasteiger partial charge in [-0.15, -0.1) is 0 Å². The summed E-state index contributed by atoms with van der Waals surface area (Å²) in [6.07, 6.45) is 0. The van der Waals surface area contributed by atoms with Crippen molar-refractivity contribution in [3.05, 3.63) is 58.6 Å². The van der Waals surface area contributed by atoms with Gasteiger partial charge in [-0.3, -0.25) is 9.59 Å². The van der Waals surface area contributed by atoms with Crippen molar-refractivity contribution in [3.63, 3.8) is 0 Å². The van der Waals surface area contributed by atoms with Gasteiger partial charge in [0.15, 0.2) is 0 Å². The second-order valence-electron chi connectivity index (χ2n) is 5.31. The van der Waals surface area contributed by atoms with Crippen LogP contribution in [0.1, 0.15) is 27.6 Å². The zero-order chi connectivity index (χ0) is 18.9. The third-order valence-corrected chi connectivity index (χ3v) is 3.76. The first-order chi connectivity index (χ1) is 12.5. The molecule has 0 heterocycles. The lowest BCUT2D eigenvalue weighted by Crippen LogP contribution is -2.34. The van der Waals surface area contributed by atoms with Gasteiger partial charge < -0.3 is 20.1 Å². The minimum Gasteiger partial charge on any atom is -0.496 e. The molecule has 0 aliphatic carbocycles. The number of rotatable bonds is 8. The molecule has 2 aromatic carbocycles. The molecule has 0 aliphatic rings. The highest BCUT2D eigenvalue weighted by atomic mass is 35.5. The number of carbonyl (C=O) groups is 2.